The summed E-state index contributed by atoms with van der Waals surface area (Å²) < 4.78 is 4.70. The van der Waals surface area contributed by atoms with E-state index < -0.39 is 11.9 Å². The molecule has 6 nitrogen and oxygen atoms in total. The van der Waals surface area contributed by atoms with E-state index in [0.717, 1.165) is 44.6 Å². The Balaban J connectivity index is 1.40. The Bertz CT molecular complexity index is 748. The number of benzene rings is 2. The molecule has 2 aromatic rings. The highest BCUT2D eigenvalue weighted by molar-refractivity contribution is 6.29. The van der Waals surface area contributed by atoms with Gasteiger partial charge < -0.3 is 20.5 Å². The molecule has 0 aliphatic rings. The van der Waals surface area contributed by atoms with Crippen molar-refractivity contribution in [2.45, 2.75) is 38.5 Å². The van der Waals surface area contributed by atoms with Gasteiger partial charge in [0.25, 0.3) is 0 Å². The Morgan fingerprint density at radius 2 is 1.23 bits per heavy atom. The van der Waals surface area contributed by atoms with Crippen LogP contribution in [0.15, 0.2) is 54.6 Å². The number of aliphatic carboxylic acids is 1. The van der Waals surface area contributed by atoms with Crippen LogP contribution in [-0.4, -0.2) is 43.2 Å². The molecule has 0 saturated heterocycles. The summed E-state index contributed by atoms with van der Waals surface area (Å²) in [5.74, 6) is -2.62. The minimum atomic E-state index is -1.59. The van der Waals surface area contributed by atoms with Gasteiger partial charge in [-0.05, 0) is 75.1 Å². The fraction of sp³-hybridized carbons (Fsp3) is 0.417. The lowest BCUT2D eigenvalue weighted by Crippen LogP contribution is -2.20. The minimum Gasteiger partial charge on any atom is -0.473 e. The van der Waals surface area contributed by atoms with Crippen LogP contribution >= 0.6 is 0 Å². The predicted molar refractivity (Wildman–Crippen MR) is 118 cm³/mol. The van der Waals surface area contributed by atoms with Crippen LogP contribution in [0.1, 0.15) is 36.8 Å². The molecular weight excluding hydrogens is 380 g/mol. The molecule has 0 saturated carbocycles. The van der Waals surface area contributed by atoms with E-state index in [4.69, 9.17) is 9.84 Å². The van der Waals surface area contributed by atoms with Crippen molar-refractivity contribution in [2.75, 3.05) is 26.2 Å². The number of nitrogens with one attached hydrogen (secondary N) is 2. The van der Waals surface area contributed by atoms with Crippen molar-refractivity contribution in [2.24, 2.45) is 0 Å². The summed E-state index contributed by atoms with van der Waals surface area (Å²) in [6.07, 6.45) is 6.83. The molecule has 0 atom stereocenters. The van der Waals surface area contributed by atoms with E-state index in [1.807, 2.05) is 12.1 Å². The summed E-state index contributed by atoms with van der Waals surface area (Å²) in [5.41, 5.74) is 2.49. The van der Waals surface area contributed by atoms with Crippen molar-refractivity contribution >= 4 is 11.9 Å². The second kappa shape index (κ2) is 14.3. The van der Waals surface area contributed by atoms with Crippen LogP contribution in [0, 0.1) is 0 Å². The molecule has 30 heavy (non-hydrogen) atoms. The lowest BCUT2D eigenvalue weighted by molar-refractivity contribution is -0.158. The van der Waals surface area contributed by atoms with Gasteiger partial charge in [0.1, 0.15) is 5.75 Å². The zero-order chi connectivity index (χ0) is 21.4. The molecule has 2 rings (SSSR count). The Morgan fingerprint density at radius 3 is 1.77 bits per heavy atom. The second-order valence-corrected chi connectivity index (χ2v) is 7.24. The first kappa shape index (κ1) is 23.6. The fourth-order valence-corrected chi connectivity index (χ4v) is 3.09. The van der Waals surface area contributed by atoms with Gasteiger partial charge in [-0.15, -0.1) is 0 Å². The van der Waals surface area contributed by atoms with Crippen LogP contribution in [0.5, 0.6) is 5.75 Å². The molecule has 6 heteroatoms. The second-order valence-electron chi connectivity index (χ2n) is 7.24. The van der Waals surface area contributed by atoms with Gasteiger partial charge in [0.05, 0.1) is 0 Å². The number of carbonyl (C=O) groups is 2. The molecule has 0 amide bonds. The summed E-state index contributed by atoms with van der Waals surface area (Å²) in [4.78, 5) is 21.5. The van der Waals surface area contributed by atoms with Gasteiger partial charge >= 0.3 is 11.9 Å². The summed E-state index contributed by atoms with van der Waals surface area (Å²) in [6.45, 7) is 4.01. The van der Waals surface area contributed by atoms with Crippen LogP contribution in [0.4, 0.5) is 0 Å². The summed E-state index contributed by atoms with van der Waals surface area (Å²) >= 11 is 0. The number of hydrogen-bond donors (Lipinski definition) is 3. The lowest BCUT2D eigenvalue weighted by atomic mass is 10.1. The first-order valence-corrected chi connectivity index (χ1v) is 10.6. The van der Waals surface area contributed by atoms with Gasteiger partial charge in [-0.1, -0.05) is 55.3 Å². The topological polar surface area (TPSA) is 87.7 Å². The zero-order valence-corrected chi connectivity index (χ0v) is 17.4. The average molecular weight is 413 g/mol. The van der Waals surface area contributed by atoms with Gasteiger partial charge in [0.15, 0.2) is 0 Å². The quantitative estimate of drug-likeness (QED) is 0.191. The maximum atomic E-state index is 11.0. The minimum absolute atomic E-state index is 0.244. The fourth-order valence-electron chi connectivity index (χ4n) is 3.09. The van der Waals surface area contributed by atoms with Gasteiger partial charge in [-0.25, -0.2) is 9.59 Å². The number of rotatable bonds is 14. The molecule has 0 aliphatic heterocycles. The van der Waals surface area contributed by atoms with E-state index in [-0.39, 0.29) is 5.75 Å². The number of carboxylic acids is 1. The van der Waals surface area contributed by atoms with Crippen molar-refractivity contribution in [3.63, 3.8) is 0 Å². The van der Waals surface area contributed by atoms with E-state index in [2.05, 4.69) is 41.0 Å². The van der Waals surface area contributed by atoms with E-state index in [1.54, 1.807) is 12.1 Å². The van der Waals surface area contributed by atoms with E-state index in [0.29, 0.717) is 0 Å². The first-order chi connectivity index (χ1) is 14.6. The summed E-state index contributed by atoms with van der Waals surface area (Å²) in [6, 6.07) is 17.5. The zero-order valence-electron chi connectivity index (χ0n) is 17.4. The average Bonchev–Trinajstić information content (AvgIpc) is 2.76. The third kappa shape index (κ3) is 10.2. The van der Waals surface area contributed by atoms with Crippen LogP contribution in [0.3, 0.4) is 0 Å². The number of carbonyl (C=O) groups excluding carboxylic acids is 1. The molecule has 162 valence electrons. The third-order valence-corrected chi connectivity index (χ3v) is 4.79. The number of esters is 1. The lowest BCUT2D eigenvalue weighted by Gasteiger charge is -2.07. The highest BCUT2D eigenvalue weighted by Gasteiger charge is 2.13. The smallest absolute Gasteiger partial charge is 0.422 e. The van der Waals surface area contributed by atoms with Gasteiger partial charge in [0.2, 0.25) is 0 Å². The third-order valence-electron chi connectivity index (χ3n) is 4.79. The molecule has 0 radical (unpaired) electrons. The Hall–Kier alpha value is -2.70. The molecule has 0 heterocycles. The Labute approximate surface area is 178 Å². The van der Waals surface area contributed by atoms with Crippen molar-refractivity contribution in [1.82, 2.24) is 10.6 Å². The van der Waals surface area contributed by atoms with Crippen LogP contribution in [-0.2, 0) is 22.4 Å². The Kier molecular flexibility index (Phi) is 11.2. The van der Waals surface area contributed by atoms with Crippen LogP contribution in [0.2, 0.25) is 0 Å². The predicted octanol–water partition coefficient (Wildman–Crippen LogP) is 3.20. The molecule has 0 bridgehead atoms. The molecule has 0 fully saturated rings. The first-order valence-electron chi connectivity index (χ1n) is 10.6. The standard InChI is InChI=1S/C24H32N2O4/c27-23(28)24(29)30-22-12-10-21(11-13-22)15-19-26-17-7-2-1-6-16-25-18-14-20-8-4-3-5-9-20/h3-5,8-13,25-26H,1-2,6-7,14-19H2,(H,27,28). The van der Waals surface area contributed by atoms with E-state index in [9.17, 15) is 9.59 Å². The molecule has 0 unspecified atom stereocenters. The highest BCUT2D eigenvalue weighted by Crippen LogP contribution is 2.12. The monoisotopic (exact) mass is 412 g/mol. The molecule has 3 N–H and O–H groups in total. The van der Waals surface area contributed by atoms with Gasteiger partial charge in [0, 0.05) is 0 Å². The van der Waals surface area contributed by atoms with Crippen molar-refractivity contribution in [1.29, 1.82) is 0 Å². The summed E-state index contributed by atoms with van der Waals surface area (Å²) in [7, 11) is 0. The Morgan fingerprint density at radius 1 is 0.700 bits per heavy atom. The number of ether oxygens (including phenoxy) is 1. The largest absolute Gasteiger partial charge is 0.473 e. The van der Waals surface area contributed by atoms with Crippen LogP contribution < -0.4 is 15.4 Å². The maximum Gasteiger partial charge on any atom is 0.422 e. The number of unbranched alkanes of at least 4 members (excludes halogenated alkanes) is 3. The molecular formula is C24H32N2O4. The molecule has 0 aliphatic carbocycles. The van der Waals surface area contributed by atoms with Gasteiger partial charge in [-0.2, -0.15) is 0 Å². The van der Waals surface area contributed by atoms with Crippen molar-refractivity contribution < 1.29 is 19.4 Å². The van der Waals surface area contributed by atoms with Crippen molar-refractivity contribution in [3.05, 3.63) is 65.7 Å². The number of hydrogen-bond acceptors (Lipinski definition) is 5. The van der Waals surface area contributed by atoms with E-state index in [1.165, 1.54) is 31.2 Å². The molecule has 0 aromatic heterocycles. The number of carboxylic acid groups (broad SMARTS) is 1. The highest BCUT2D eigenvalue weighted by atomic mass is 16.6. The normalized spacial score (nSPS) is 10.7. The van der Waals surface area contributed by atoms with Crippen LogP contribution in [0.25, 0.3) is 0 Å². The molecule has 2 aromatic carbocycles. The van der Waals surface area contributed by atoms with Crippen molar-refractivity contribution in [3.8, 4) is 5.75 Å². The SMILES string of the molecule is O=C(O)C(=O)Oc1ccc(CCNCCCCCCNCCc2ccccc2)cc1. The van der Waals surface area contributed by atoms with E-state index >= 15 is 0 Å². The van der Waals surface area contributed by atoms with Gasteiger partial charge in [-0.3, -0.25) is 0 Å². The maximum absolute atomic E-state index is 11.0. The summed E-state index contributed by atoms with van der Waals surface area (Å²) in [5, 5.41) is 15.5. The molecule has 0 spiro atoms.